The number of carbonyl (C=O) groups excluding carboxylic acids is 1. The Kier molecular flexibility index (Phi) is 7.22. The van der Waals surface area contributed by atoms with E-state index in [1.54, 1.807) is 0 Å². The second-order valence-corrected chi connectivity index (χ2v) is 9.29. The zero-order chi connectivity index (χ0) is 23.4. The van der Waals surface area contributed by atoms with Crippen LogP contribution in [-0.2, 0) is 11.3 Å². The van der Waals surface area contributed by atoms with Crippen LogP contribution in [0.25, 0.3) is 5.52 Å². The van der Waals surface area contributed by atoms with Crippen LogP contribution in [0, 0.1) is 5.92 Å². The minimum absolute atomic E-state index is 0.180. The highest BCUT2D eigenvalue weighted by molar-refractivity contribution is 5.95. The Bertz CT molecular complexity index is 1090. The fraction of sp³-hybridized carbons (Fsp3) is 0.458. The average molecular weight is 451 g/mol. The number of aromatic nitrogens is 3. The number of nitrogens with zero attached hydrogens (tertiary/aromatic N) is 4. The minimum Gasteiger partial charge on any atom is -0.338 e. The SMILES string of the molecule is CC(C)CC(N)C(=O)Nc1cccc(Nc2ncnn3ccc(CN4CCC(N)CC4)c23)c1. The van der Waals surface area contributed by atoms with Gasteiger partial charge in [-0.2, -0.15) is 5.10 Å². The number of hydrogen-bond donors (Lipinski definition) is 4. The van der Waals surface area contributed by atoms with E-state index in [-0.39, 0.29) is 5.91 Å². The molecule has 0 saturated carbocycles. The molecule has 9 nitrogen and oxygen atoms in total. The lowest BCUT2D eigenvalue weighted by Crippen LogP contribution is -2.39. The maximum absolute atomic E-state index is 12.4. The molecule has 33 heavy (non-hydrogen) atoms. The summed E-state index contributed by atoms with van der Waals surface area (Å²) in [5.74, 6) is 0.899. The number of fused-ring (bicyclic) bond motifs is 1. The Balaban J connectivity index is 1.50. The normalized spacial score (nSPS) is 16.3. The number of carbonyl (C=O) groups is 1. The number of nitrogens with one attached hydrogen (secondary N) is 2. The van der Waals surface area contributed by atoms with Crippen LogP contribution in [0.15, 0.2) is 42.9 Å². The van der Waals surface area contributed by atoms with Gasteiger partial charge in [-0.15, -0.1) is 0 Å². The summed E-state index contributed by atoms with van der Waals surface area (Å²) in [4.78, 5) is 19.3. The molecule has 0 aliphatic carbocycles. The zero-order valence-electron chi connectivity index (χ0n) is 19.4. The number of rotatable bonds is 8. The lowest BCUT2D eigenvalue weighted by Gasteiger charge is -2.29. The predicted molar refractivity (Wildman–Crippen MR) is 131 cm³/mol. The standard InChI is InChI=1S/C24H34N8O/c1-16(2)12-21(26)24(33)30-20-5-3-4-19(13-20)29-23-22-17(6-11-32(22)28-15-27-23)14-31-9-7-18(25)8-10-31/h3-6,11,13,15-16,18,21H,7-10,12,14,25-26H2,1-2H3,(H,30,33)(H,27,28,29). The maximum Gasteiger partial charge on any atom is 0.241 e. The van der Waals surface area contributed by atoms with Crippen molar-refractivity contribution in [3.05, 3.63) is 48.4 Å². The Morgan fingerprint density at radius 1 is 1.21 bits per heavy atom. The van der Waals surface area contributed by atoms with E-state index in [0.29, 0.717) is 24.1 Å². The number of benzene rings is 1. The zero-order valence-corrected chi connectivity index (χ0v) is 19.4. The largest absolute Gasteiger partial charge is 0.338 e. The van der Waals surface area contributed by atoms with E-state index in [2.05, 4.69) is 45.5 Å². The molecule has 1 aliphatic rings. The number of anilines is 3. The number of amides is 1. The molecule has 1 unspecified atom stereocenters. The number of nitrogens with two attached hydrogens (primary N) is 2. The highest BCUT2D eigenvalue weighted by Gasteiger charge is 2.19. The van der Waals surface area contributed by atoms with Gasteiger partial charge < -0.3 is 22.1 Å². The van der Waals surface area contributed by atoms with E-state index in [1.165, 1.54) is 6.33 Å². The molecule has 0 radical (unpaired) electrons. The van der Waals surface area contributed by atoms with Gasteiger partial charge in [0.15, 0.2) is 5.82 Å². The van der Waals surface area contributed by atoms with Crippen LogP contribution < -0.4 is 22.1 Å². The van der Waals surface area contributed by atoms with Crippen LogP contribution >= 0.6 is 0 Å². The first kappa shape index (κ1) is 23.2. The van der Waals surface area contributed by atoms with E-state index >= 15 is 0 Å². The summed E-state index contributed by atoms with van der Waals surface area (Å²) >= 11 is 0. The van der Waals surface area contributed by atoms with Crippen molar-refractivity contribution in [2.24, 2.45) is 17.4 Å². The Labute approximate surface area is 194 Å². The molecule has 1 aliphatic heterocycles. The summed E-state index contributed by atoms with van der Waals surface area (Å²) in [5, 5.41) is 10.7. The number of piperidine rings is 1. The van der Waals surface area contributed by atoms with Gasteiger partial charge in [0.25, 0.3) is 0 Å². The molecule has 0 spiro atoms. The van der Waals surface area contributed by atoms with Crippen LogP contribution in [0.1, 0.15) is 38.7 Å². The third kappa shape index (κ3) is 5.87. The summed E-state index contributed by atoms with van der Waals surface area (Å²) < 4.78 is 1.84. The van der Waals surface area contributed by atoms with Crippen molar-refractivity contribution in [3.63, 3.8) is 0 Å². The maximum atomic E-state index is 12.4. The van der Waals surface area contributed by atoms with Crippen molar-refractivity contribution in [2.75, 3.05) is 23.7 Å². The molecule has 9 heteroatoms. The lowest BCUT2D eigenvalue weighted by atomic mass is 10.0. The van der Waals surface area contributed by atoms with Gasteiger partial charge in [-0.3, -0.25) is 9.69 Å². The van der Waals surface area contributed by atoms with Gasteiger partial charge in [-0.25, -0.2) is 9.50 Å². The van der Waals surface area contributed by atoms with E-state index < -0.39 is 6.04 Å². The molecule has 4 rings (SSSR count). The number of hydrogen-bond acceptors (Lipinski definition) is 7. The van der Waals surface area contributed by atoms with Crippen LogP contribution in [0.4, 0.5) is 17.2 Å². The van der Waals surface area contributed by atoms with Gasteiger partial charge in [0.05, 0.1) is 6.04 Å². The minimum atomic E-state index is -0.532. The van der Waals surface area contributed by atoms with Gasteiger partial charge in [0.1, 0.15) is 11.8 Å². The molecule has 3 aromatic rings. The van der Waals surface area contributed by atoms with Gasteiger partial charge >= 0.3 is 0 Å². The van der Waals surface area contributed by atoms with E-state index in [0.717, 1.165) is 55.1 Å². The summed E-state index contributed by atoms with van der Waals surface area (Å²) in [6.07, 6.45) is 6.18. The molecule has 1 atom stereocenters. The third-order valence-corrected chi connectivity index (χ3v) is 6.02. The molecule has 6 N–H and O–H groups in total. The Hall–Kier alpha value is -3.01. The van der Waals surface area contributed by atoms with Crippen LogP contribution in [0.3, 0.4) is 0 Å². The number of likely N-dealkylation sites (tertiary alicyclic amines) is 1. The van der Waals surface area contributed by atoms with Crippen LogP contribution in [-0.4, -0.2) is 50.6 Å². The van der Waals surface area contributed by atoms with Gasteiger partial charge in [0, 0.05) is 30.2 Å². The molecule has 1 aromatic carbocycles. The summed E-state index contributed by atoms with van der Waals surface area (Å²) in [7, 11) is 0. The van der Waals surface area contributed by atoms with Crippen molar-refractivity contribution in [1.29, 1.82) is 0 Å². The van der Waals surface area contributed by atoms with E-state index in [9.17, 15) is 4.79 Å². The van der Waals surface area contributed by atoms with Crippen LogP contribution in [0.5, 0.6) is 0 Å². The molecular formula is C24H34N8O. The topological polar surface area (TPSA) is 127 Å². The van der Waals surface area contributed by atoms with E-state index in [4.69, 9.17) is 11.5 Å². The molecule has 1 amide bonds. The van der Waals surface area contributed by atoms with Crippen LogP contribution in [0.2, 0.25) is 0 Å². The molecule has 2 aromatic heterocycles. The quantitative estimate of drug-likeness (QED) is 0.416. The van der Waals surface area contributed by atoms with E-state index in [1.807, 2.05) is 35.0 Å². The third-order valence-electron chi connectivity index (χ3n) is 6.02. The summed E-state index contributed by atoms with van der Waals surface area (Å²) in [6.45, 7) is 6.92. The molecular weight excluding hydrogens is 416 g/mol. The molecule has 176 valence electrons. The fourth-order valence-electron chi connectivity index (χ4n) is 4.25. The Morgan fingerprint density at radius 2 is 1.97 bits per heavy atom. The fourth-order valence-corrected chi connectivity index (χ4v) is 4.25. The summed E-state index contributed by atoms with van der Waals surface area (Å²) in [6, 6.07) is 9.43. The monoisotopic (exact) mass is 450 g/mol. The van der Waals surface area contributed by atoms with Crippen molar-refractivity contribution in [1.82, 2.24) is 19.5 Å². The van der Waals surface area contributed by atoms with Crippen molar-refractivity contribution in [3.8, 4) is 0 Å². The molecule has 0 bridgehead atoms. The Morgan fingerprint density at radius 3 is 2.73 bits per heavy atom. The first-order valence-electron chi connectivity index (χ1n) is 11.6. The predicted octanol–water partition coefficient (Wildman–Crippen LogP) is 2.71. The van der Waals surface area contributed by atoms with Gasteiger partial charge in [-0.05, 0) is 68.1 Å². The highest BCUT2D eigenvalue weighted by atomic mass is 16.2. The van der Waals surface area contributed by atoms with Gasteiger partial charge in [-0.1, -0.05) is 19.9 Å². The smallest absolute Gasteiger partial charge is 0.241 e. The molecule has 1 saturated heterocycles. The highest BCUT2D eigenvalue weighted by Crippen LogP contribution is 2.26. The molecule has 3 heterocycles. The first-order chi connectivity index (χ1) is 15.9. The first-order valence-corrected chi connectivity index (χ1v) is 11.6. The molecule has 1 fully saturated rings. The lowest BCUT2D eigenvalue weighted by molar-refractivity contribution is -0.117. The van der Waals surface area contributed by atoms with Crippen molar-refractivity contribution < 1.29 is 4.79 Å². The van der Waals surface area contributed by atoms with Gasteiger partial charge in [0.2, 0.25) is 5.91 Å². The second kappa shape index (κ2) is 10.3. The average Bonchev–Trinajstić information content (AvgIpc) is 3.19. The second-order valence-electron chi connectivity index (χ2n) is 9.29. The summed E-state index contributed by atoms with van der Waals surface area (Å²) in [5.41, 5.74) is 15.7. The van der Waals surface area contributed by atoms with Crippen molar-refractivity contribution >= 4 is 28.6 Å². The van der Waals surface area contributed by atoms with Crippen molar-refractivity contribution in [2.45, 2.75) is 51.7 Å².